The van der Waals surface area contributed by atoms with Gasteiger partial charge in [0.1, 0.15) is 23.3 Å². The fourth-order valence-electron chi connectivity index (χ4n) is 3.11. The van der Waals surface area contributed by atoms with Crippen LogP contribution in [0.5, 0.6) is 0 Å². The molecule has 2 aliphatic rings. The summed E-state index contributed by atoms with van der Waals surface area (Å²) in [4.78, 5) is 6.09. The lowest BCUT2D eigenvalue weighted by Gasteiger charge is -2.31. The Morgan fingerprint density at radius 2 is 2.04 bits per heavy atom. The summed E-state index contributed by atoms with van der Waals surface area (Å²) in [7, 11) is 4.32. The Bertz CT molecular complexity index is 609. The van der Waals surface area contributed by atoms with Crippen molar-refractivity contribution < 1.29 is 4.74 Å². The predicted molar refractivity (Wildman–Crippen MR) is 93.7 cm³/mol. The van der Waals surface area contributed by atoms with E-state index in [4.69, 9.17) is 10.00 Å². The van der Waals surface area contributed by atoms with Crippen LogP contribution in [-0.2, 0) is 4.74 Å². The van der Waals surface area contributed by atoms with Gasteiger partial charge in [0.2, 0.25) is 0 Å². The van der Waals surface area contributed by atoms with Crippen LogP contribution in [0.3, 0.4) is 0 Å². The molecule has 1 aliphatic carbocycles. The van der Waals surface area contributed by atoms with Crippen LogP contribution >= 0.6 is 0 Å². The Kier molecular flexibility index (Phi) is 5.95. The number of nitrogens with zero attached hydrogens (tertiary/aromatic N) is 3. The predicted octanol–water partition coefficient (Wildman–Crippen LogP) is 3.96. The molecule has 0 atom stereocenters. The van der Waals surface area contributed by atoms with E-state index in [1.165, 1.54) is 25.7 Å². The molecule has 0 aromatic carbocycles. The highest BCUT2D eigenvalue weighted by molar-refractivity contribution is 5.49. The first-order valence-electron chi connectivity index (χ1n) is 8.07. The van der Waals surface area contributed by atoms with Crippen LogP contribution in [0.15, 0.2) is 52.1 Å². The van der Waals surface area contributed by atoms with Crippen LogP contribution in [0.4, 0.5) is 0 Å². The van der Waals surface area contributed by atoms with Crippen LogP contribution < -0.4 is 0 Å². The minimum Gasteiger partial charge on any atom is -0.462 e. The zero-order valence-corrected chi connectivity index (χ0v) is 14.2. The van der Waals surface area contributed by atoms with E-state index < -0.39 is 0 Å². The van der Waals surface area contributed by atoms with Crippen LogP contribution in [0.25, 0.3) is 0 Å². The molecule has 0 aromatic heterocycles. The van der Waals surface area contributed by atoms with Gasteiger partial charge in [-0.3, -0.25) is 4.99 Å². The zero-order chi connectivity index (χ0) is 16.8. The molecule has 1 aliphatic heterocycles. The molecule has 1 heterocycles. The van der Waals surface area contributed by atoms with E-state index in [0.717, 1.165) is 17.1 Å². The Hall–Kier alpha value is -2.12. The zero-order valence-electron chi connectivity index (χ0n) is 14.2. The van der Waals surface area contributed by atoms with Gasteiger partial charge in [0.15, 0.2) is 0 Å². The molecular formula is C19H25N3O. The van der Waals surface area contributed by atoms with Gasteiger partial charge < -0.3 is 9.64 Å². The highest BCUT2D eigenvalue weighted by Crippen LogP contribution is 2.29. The fourth-order valence-corrected chi connectivity index (χ4v) is 3.11. The molecule has 0 saturated heterocycles. The van der Waals surface area contributed by atoms with Gasteiger partial charge in [0.25, 0.3) is 0 Å². The van der Waals surface area contributed by atoms with Crippen molar-refractivity contribution in [1.82, 2.24) is 4.90 Å². The summed E-state index contributed by atoms with van der Waals surface area (Å²) in [6.45, 7) is 5.32. The second-order valence-electron chi connectivity index (χ2n) is 6.37. The molecule has 2 rings (SSSR count). The number of aliphatic imine (C=N–C) groups is 1. The van der Waals surface area contributed by atoms with Gasteiger partial charge in [-0.25, -0.2) is 0 Å². The second kappa shape index (κ2) is 7.94. The van der Waals surface area contributed by atoms with Crippen molar-refractivity contribution in [3.8, 4) is 6.07 Å². The number of ether oxygens (including phenoxy) is 1. The molecule has 122 valence electrons. The van der Waals surface area contributed by atoms with Crippen LogP contribution in [0.1, 0.15) is 32.6 Å². The maximum Gasteiger partial charge on any atom is 0.147 e. The van der Waals surface area contributed by atoms with E-state index in [0.29, 0.717) is 17.7 Å². The molecule has 4 heteroatoms. The Morgan fingerprint density at radius 1 is 1.35 bits per heavy atom. The van der Waals surface area contributed by atoms with Crippen LogP contribution in [0, 0.1) is 17.2 Å². The summed E-state index contributed by atoms with van der Waals surface area (Å²) < 4.78 is 5.73. The number of rotatable bonds is 4. The van der Waals surface area contributed by atoms with E-state index in [1.54, 1.807) is 0 Å². The van der Waals surface area contributed by atoms with Crippen molar-refractivity contribution in [3.63, 3.8) is 0 Å². The second-order valence-corrected chi connectivity index (χ2v) is 6.37. The van der Waals surface area contributed by atoms with Gasteiger partial charge in [-0.1, -0.05) is 6.08 Å². The first kappa shape index (κ1) is 17.2. The minimum absolute atomic E-state index is 0.324. The van der Waals surface area contributed by atoms with Crippen LogP contribution in [0.2, 0.25) is 0 Å². The monoisotopic (exact) mass is 311 g/mol. The highest BCUT2D eigenvalue weighted by Gasteiger charge is 2.20. The SMILES string of the molecule is C=N/C(C#N)=C1/C=C(C)OC(/C=C/C2CCC(N(C)C)CC2)=C1. The molecular weight excluding hydrogens is 286 g/mol. The number of hydrogen-bond donors (Lipinski definition) is 0. The molecule has 0 spiro atoms. The van der Waals surface area contributed by atoms with Gasteiger partial charge in [-0.2, -0.15) is 5.26 Å². The van der Waals surface area contributed by atoms with E-state index >= 15 is 0 Å². The lowest BCUT2D eigenvalue weighted by molar-refractivity contribution is 0.209. The van der Waals surface area contributed by atoms with Crippen molar-refractivity contribution in [3.05, 3.63) is 47.1 Å². The van der Waals surface area contributed by atoms with E-state index in [2.05, 4.69) is 42.9 Å². The smallest absolute Gasteiger partial charge is 0.147 e. The molecule has 0 amide bonds. The van der Waals surface area contributed by atoms with Gasteiger partial charge in [0, 0.05) is 11.6 Å². The molecule has 0 N–H and O–H groups in total. The highest BCUT2D eigenvalue weighted by atomic mass is 16.5. The molecule has 1 fully saturated rings. The van der Waals surface area contributed by atoms with Crippen LogP contribution in [-0.4, -0.2) is 31.8 Å². The third kappa shape index (κ3) is 4.67. The average Bonchev–Trinajstić information content (AvgIpc) is 2.54. The molecule has 1 saturated carbocycles. The summed E-state index contributed by atoms with van der Waals surface area (Å²) in [5.74, 6) is 2.11. The van der Waals surface area contributed by atoms with Gasteiger partial charge in [-0.05, 0) is 77.6 Å². The summed E-state index contributed by atoms with van der Waals surface area (Å²) in [5.41, 5.74) is 1.08. The minimum atomic E-state index is 0.324. The summed E-state index contributed by atoms with van der Waals surface area (Å²) in [6, 6.07) is 2.77. The quantitative estimate of drug-likeness (QED) is 0.583. The van der Waals surface area contributed by atoms with Crippen molar-refractivity contribution in [1.29, 1.82) is 5.26 Å². The summed E-state index contributed by atoms with van der Waals surface area (Å²) >= 11 is 0. The van der Waals surface area contributed by atoms with E-state index in [9.17, 15) is 0 Å². The maximum atomic E-state index is 9.09. The lowest BCUT2D eigenvalue weighted by Crippen LogP contribution is -2.31. The molecule has 4 nitrogen and oxygen atoms in total. The standard InChI is InChI=1S/C19H25N3O/c1-14-11-16(19(13-20)21-2)12-18(23-14)10-7-15-5-8-17(9-6-15)22(3)4/h7,10-12,15,17H,2,5-6,8-9H2,1,3-4H3/b10-7+,19-16-. The first-order chi connectivity index (χ1) is 11.0. The third-order valence-electron chi connectivity index (χ3n) is 4.48. The number of allylic oxidation sites excluding steroid dienone is 7. The average molecular weight is 311 g/mol. The fraction of sp³-hybridized carbons (Fsp3) is 0.474. The molecule has 0 radical (unpaired) electrons. The normalized spacial score (nSPS) is 27.1. The van der Waals surface area contributed by atoms with E-state index in [-0.39, 0.29) is 0 Å². The summed E-state index contributed by atoms with van der Waals surface area (Å²) in [6.07, 6.45) is 12.8. The molecule has 23 heavy (non-hydrogen) atoms. The van der Waals surface area contributed by atoms with Gasteiger partial charge in [0.05, 0.1) is 0 Å². The van der Waals surface area contributed by atoms with Crippen molar-refractivity contribution in [2.75, 3.05) is 14.1 Å². The lowest BCUT2D eigenvalue weighted by atomic mass is 9.85. The third-order valence-corrected chi connectivity index (χ3v) is 4.48. The summed E-state index contributed by atoms with van der Waals surface area (Å²) in [5, 5.41) is 9.09. The Balaban J connectivity index is 2.04. The van der Waals surface area contributed by atoms with Crippen molar-refractivity contribution in [2.45, 2.75) is 38.6 Å². The Morgan fingerprint density at radius 3 is 2.61 bits per heavy atom. The Labute approximate surface area is 139 Å². The van der Waals surface area contributed by atoms with Gasteiger partial charge in [-0.15, -0.1) is 0 Å². The molecule has 0 bridgehead atoms. The van der Waals surface area contributed by atoms with Crippen molar-refractivity contribution in [2.24, 2.45) is 10.9 Å². The number of nitriles is 1. The topological polar surface area (TPSA) is 48.6 Å². The van der Waals surface area contributed by atoms with E-state index in [1.807, 2.05) is 25.2 Å². The van der Waals surface area contributed by atoms with Gasteiger partial charge >= 0.3 is 0 Å². The molecule has 0 aromatic rings. The van der Waals surface area contributed by atoms with Crippen molar-refractivity contribution >= 4 is 6.72 Å². The largest absolute Gasteiger partial charge is 0.462 e. The number of hydrogen-bond acceptors (Lipinski definition) is 4. The maximum absolute atomic E-state index is 9.09. The molecule has 0 unspecified atom stereocenters. The first-order valence-corrected chi connectivity index (χ1v) is 8.07.